The predicted molar refractivity (Wildman–Crippen MR) is 55.9 cm³/mol. The van der Waals surface area contributed by atoms with Crippen LogP contribution >= 0.6 is 11.3 Å². The Kier molecular flexibility index (Phi) is 3.31. The first-order chi connectivity index (χ1) is 6.09. The number of nitrogens with one attached hydrogen (secondary N) is 1. The first-order valence-corrected chi connectivity index (χ1v) is 5.04. The Morgan fingerprint density at radius 2 is 2.31 bits per heavy atom. The number of rotatable bonds is 3. The molecule has 0 aromatic carbocycles. The molecule has 72 valence electrons. The molecule has 0 saturated carbocycles. The summed E-state index contributed by atoms with van der Waals surface area (Å²) in [6.45, 7) is 4.82. The van der Waals surface area contributed by atoms with E-state index in [4.69, 9.17) is 5.73 Å². The summed E-state index contributed by atoms with van der Waals surface area (Å²) in [6, 6.07) is 3.49. The van der Waals surface area contributed by atoms with E-state index >= 15 is 0 Å². The molecule has 1 aromatic heterocycles. The minimum absolute atomic E-state index is 0.0320. The summed E-state index contributed by atoms with van der Waals surface area (Å²) in [7, 11) is 0. The smallest absolute Gasteiger partial charge is 0.261 e. The molecule has 0 aliphatic rings. The van der Waals surface area contributed by atoms with Gasteiger partial charge in [-0.2, -0.15) is 0 Å². The third-order valence-corrected chi connectivity index (χ3v) is 2.43. The number of nitrogen functional groups attached to an aromatic ring is 1. The van der Waals surface area contributed by atoms with Gasteiger partial charge in [-0.05, 0) is 18.1 Å². The average Bonchev–Trinajstić information content (AvgIpc) is 2.47. The van der Waals surface area contributed by atoms with Gasteiger partial charge in [0, 0.05) is 6.54 Å². The lowest BCUT2D eigenvalue weighted by Crippen LogP contribution is -2.26. The molecule has 0 bridgehead atoms. The number of nitrogens with two attached hydrogens (primary N) is 1. The van der Waals surface area contributed by atoms with Gasteiger partial charge in [-0.15, -0.1) is 11.3 Å². The van der Waals surface area contributed by atoms with Gasteiger partial charge in [0.2, 0.25) is 0 Å². The Morgan fingerprint density at radius 3 is 2.77 bits per heavy atom. The number of amides is 1. The predicted octanol–water partition coefficient (Wildman–Crippen LogP) is 1.72. The molecule has 1 aromatic rings. The van der Waals surface area contributed by atoms with Gasteiger partial charge in [0.05, 0.1) is 9.88 Å². The average molecular weight is 198 g/mol. The maximum Gasteiger partial charge on any atom is 0.261 e. The molecule has 3 nitrogen and oxygen atoms in total. The minimum atomic E-state index is -0.0320. The summed E-state index contributed by atoms with van der Waals surface area (Å²) in [5.74, 6) is 0.441. The summed E-state index contributed by atoms with van der Waals surface area (Å²) in [6.07, 6.45) is 0. The summed E-state index contributed by atoms with van der Waals surface area (Å²) >= 11 is 1.31. The van der Waals surface area contributed by atoms with Crippen molar-refractivity contribution in [1.82, 2.24) is 5.32 Å². The van der Waals surface area contributed by atoms with Crippen molar-refractivity contribution < 1.29 is 4.79 Å². The van der Waals surface area contributed by atoms with E-state index in [9.17, 15) is 4.79 Å². The highest BCUT2D eigenvalue weighted by atomic mass is 32.1. The van der Waals surface area contributed by atoms with E-state index in [1.165, 1.54) is 11.3 Å². The van der Waals surface area contributed by atoms with Crippen LogP contribution in [0.1, 0.15) is 23.5 Å². The number of hydrogen-bond donors (Lipinski definition) is 2. The van der Waals surface area contributed by atoms with Crippen LogP contribution in [0.3, 0.4) is 0 Å². The SMILES string of the molecule is CC(C)CNC(=O)c1ccc(N)s1. The third kappa shape index (κ3) is 3.06. The number of carbonyl (C=O) groups is 1. The van der Waals surface area contributed by atoms with E-state index < -0.39 is 0 Å². The maximum absolute atomic E-state index is 11.4. The Hall–Kier alpha value is -1.03. The molecule has 0 saturated heterocycles. The Bertz CT molecular complexity index is 294. The quantitative estimate of drug-likeness (QED) is 0.777. The Balaban J connectivity index is 2.49. The first-order valence-electron chi connectivity index (χ1n) is 4.23. The van der Waals surface area contributed by atoms with Crippen LogP contribution in [-0.2, 0) is 0 Å². The van der Waals surface area contributed by atoms with Crippen molar-refractivity contribution in [3.63, 3.8) is 0 Å². The fourth-order valence-electron chi connectivity index (χ4n) is 0.859. The first kappa shape index (κ1) is 10.1. The van der Waals surface area contributed by atoms with E-state index in [1.807, 2.05) is 0 Å². The zero-order valence-corrected chi connectivity index (χ0v) is 8.65. The van der Waals surface area contributed by atoms with E-state index in [0.717, 1.165) is 0 Å². The van der Waals surface area contributed by atoms with Gasteiger partial charge in [-0.3, -0.25) is 4.79 Å². The number of thiophene rings is 1. The van der Waals surface area contributed by atoms with E-state index in [-0.39, 0.29) is 5.91 Å². The van der Waals surface area contributed by atoms with Crippen LogP contribution in [0.5, 0.6) is 0 Å². The molecule has 3 N–H and O–H groups in total. The second-order valence-corrected chi connectivity index (χ2v) is 4.42. The van der Waals surface area contributed by atoms with Crippen LogP contribution in [0.2, 0.25) is 0 Å². The van der Waals surface area contributed by atoms with Gasteiger partial charge in [-0.1, -0.05) is 13.8 Å². The van der Waals surface area contributed by atoms with Crippen molar-refractivity contribution >= 4 is 22.2 Å². The molecule has 0 spiro atoms. The van der Waals surface area contributed by atoms with Crippen LogP contribution < -0.4 is 11.1 Å². The molecule has 1 heterocycles. The lowest BCUT2D eigenvalue weighted by Gasteiger charge is -2.05. The molecule has 0 fully saturated rings. The van der Waals surface area contributed by atoms with Gasteiger partial charge < -0.3 is 11.1 Å². The zero-order valence-electron chi connectivity index (χ0n) is 7.83. The Labute approximate surface area is 81.9 Å². The number of anilines is 1. The molecule has 0 radical (unpaired) electrons. The lowest BCUT2D eigenvalue weighted by molar-refractivity contribution is 0.0953. The summed E-state index contributed by atoms with van der Waals surface area (Å²) in [5.41, 5.74) is 5.51. The van der Waals surface area contributed by atoms with E-state index in [1.54, 1.807) is 12.1 Å². The van der Waals surface area contributed by atoms with E-state index in [2.05, 4.69) is 19.2 Å². The molecule has 0 atom stereocenters. The van der Waals surface area contributed by atoms with E-state index in [0.29, 0.717) is 22.3 Å². The van der Waals surface area contributed by atoms with Gasteiger partial charge in [0.15, 0.2) is 0 Å². The molecular formula is C9H14N2OS. The highest BCUT2D eigenvalue weighted by molar-refractivity contribution is 7.17. The summed E-state index contributed by atoms with van der Waals surface area (Å²) in [5, 5.41) is 3.50. The lowest BCUT2D eigenvalue weighted by atomic mass is 10.2. The van der Waals surface area contributed by atoms with Crippen LogP contribution in [-0.4, -0.2) is 12.5 Å². The monoisotopic (exact) mass is 198 g/mol. The van der Waals surface area contributed by atoms with Gasteiger partial charge in [-0.25, -0.2) is 0 Å². The molecule has 0 aliphatic heterocycles. The summed E-state index contributed by atoms with van der Waals surface area (Å²) < 4.78 is 0. The van der Waals surface area contributed by atoms with Crippen molar-refractivity contribution in [1.29, 1.82) is 0 Å². The molecule has 1 rings (SSSR count). The standard InChI is InChI=1S/C9H14N2OS/c1-6(2)5-11-9(12)7-3-4-8(10)13-7/h3-4,6H,5,10H2,1-2H3,(H,11,12). The molecule has 0 unspecified atom stereocenters. The largest absolute Gasteiger partial charge is 0.391 e. The minimum Gasteiger partial charge on any atom is -0.391 e. The highest BCUT2D eigenvalue weighted by Crippen LogP contribution is 2.17. The van der Waals surface area contributed by atoms with Crippen molar-refractivity contribution in [2.75, 3.05) is 12.3 Å². The van der Waals surface area contributed by atoms with Crippen LogP contribution in [0.4, 0.5) is 5.00 Å². The number of carbonyl (C=O) groups excluding carboxylic acids is 1. The van der Waals surface area contributed by atoms with Gasteiger partial charge in [0.1, 0.15) is 0 Å². The second kappa shape index (κ2) is 4.28. The Morgan fingerprint density at radius 1 is 1.62 bits per heavy atom. The summed E-state index contributed by atoms with van der Waals surface area (Å²) in [4.78, 5) is 12.1. The van der Waals surface area contributed by atoms with Crippen LogP contribution in [0.15, 0.2) is 12.1 Å². The zero-order chi connectivity index (χ0) is 9.84. The normalized spacial score (nSPS) is 10.4. The number of hydrogen-bond acceptors (Lipinski definition) is 3. The van der Waals surface area contributed by atoms with Crippen LogP contribution in [0, 0.1) is 5.92 Å². The van der Waals surface area contributed by atoms with Crippen molar-refractivity contribution in [3.05, 3.63) is 17.0 Å². The van der Waals surface area contributed by atoms with Crippen molar-refractivity contribution in [3.8, 4) is 0 Å². The molecular weight excluding hydrogens is 184 g/mol. The fraction of sp³-hybridized carbons (Fsp3) is 0.444. The van der Waals surface area contributed by atoms with Crippen LogP contribution in [0.25, 0.3) is 0 Å². The van der Waals surface area contributed by atoms with Crippen molar-refractivity contribution in [2.24, 2.45) is 5.92 Å². The molecule has 13 heavy (non-hydrogen) atoms. The second-order valence-electron chi connectivity index (χ2n) is 3.31. The van der Waals surface area contributed by atoms with Gasteiger partial charge in [0.25, 0.3) is 5.91 Å². The maximum atomic E-state index is 11.4. The highest BCUT2D eigenvalue weighted by Gasteiger charge is 2.07. The third-order valence-electron chi connectivity index (χ3n) is 1.52. The fourth-order valence-corrected chi connectivity index (χ4v) is 1.55. The van der Waals surface area contributed by atoms with Gasteiger partial charge >= 0.3 is 0 Å². The molecule has 1 amide bonds. The van der Waals surface area contributed by atoms with Crippen molar-refractivity contribution in [2.45, 2.75) is 13.8 Å². The molecule has 4 heteroatoms. The molecule has 0 aliphatic carbocycles. The topological polar surface area (TPSA) is 55.1 Å².